The van der Waals surface area contributed by atoms with E-state index in [9.17, 15) is 0 Å². The summed E-state index contributed by atoms with van der Waals surface area (Å²) in [6.07, 6.45) is 2.75. The minimum Gasteiger partial charge on any atom is -0.103 e. The Kier molecular flexibility index (Phi) is 5.08. The normalized spacial score (nSPS) is 11.2. The zero-order valence-corrected chi connectivity index (χ0v) is 14.8. The highest BCUT2D eigenvalue weighted by atomic mass is 35.5. The number of benzene rings is 3. The van der Waals surface area contributed by atoms with Gasteiger partial charge in [0.2, 0.25) is 0 Å². The van der Waals surface area contributed by atoms with E-state index >= 15 is 0 Å². The Labute approximate surface area is 153 Å². The van der Waals surface area contributed by atoms with Crippen LogP contribution in [0.3, 0.4) is 0 Å². The summed E-state index contributed by atoms with van der Waals surface area (Å²) in [5.41, 5.74) is 3.26. The molecule has 120 valence electrons. The second-order valence-electron chi connectivity index (χ2n) is 5.78. The van der Waals surface area contributed by atoms with Gasteiger partial charge in [-0.3, -0.25) is 0 Å². The zero-order chi connectivity index (χ0) is 17.0. The van der Waals surface area contributed by atoms with E-state index in [2.05, 4.69) is 55.1 Å². The fourth-order valence-electron chi connectivity index (χ4n) is 3.26. The maximum absolute atomic E-state index is 6.11. The standard InChI is InChI=1S/C22H18Cl2/c1-2-16-22(17-6-4-3-5-7-17,18-8-12-20(23)13-9-18)19-10-14-21(24)15-11-19/h2-15H,1,16H2. The Balaban J connectivity index is 2.30. The molecule has 0 nitrogen and oxygen atoms in total. The van der Waals surface area contributed by atoms with Crippen LogP contribution >= 0.6 is 23.2 Å². The molecule has 0 amide bonds. The highest BCUT2D eigenvalue weighted by molar-refractivity contribution is 6.30. The quantitative estimate of drug-likeness (QED) is 0.345. The Morgan fingerprint density at radius 3 is 1.50 bits per heavy atom. The highest BCUT2D eigenvalue weighted by Gasteiger charge is 2.35. The van der Waals surface area contributed by atoms with Crippen LogP contribution in [0.15, 0.2) is 91.5 Å². The molecule has 3 rings (SSSR count). The largest absolute Gasteiger partial charge is 0.103 e. The topological polar surface area (TPSA) is 0 Å². The fraction of sp³-hybridized carbons (Fsp3) is 0.0909. The molecule has 0 saturated carbocycles. The molecule has 0 aliphatic rings. The van der Waals surface area contributed by atoms with Crippen molar-refractivity contribution in [3.05, 3.63) is 118 Å². The molecule has 0 saturated heterocycles. The van der Waals surface area contributed by atoms with Gasteiger partial charge >= 0.3 is 0 Å². The van der Waals surface area contributed by atoms with Gasteiger partial charge < -0.3 is 0 Å². The molecule has 3 aromatic rings. The Morgan fingerprint density at radius 1 is 0.667 bits per heavy atom. The molecule has 0 N–H and O–H groups in total. The predicted octanol–water partition coefficient (Wildman–Crippen LogP) is 6.90. The SMILES string of the molecule is C=CCC(c1ccccc1)(c1ccc(Cl)cc1)c1ccc(Cl)cc1. The third-order valence-electron chi connectivity index (χ3n) is 4.39. The maximum atomic E-state index is 6.11. The van der Waals surface area contributed by atoms with Gasteiger partial charge in [-0.1, -0.05) is 83.9 Å². The van der Waals surface area contributed by atoms with Crippen LogP contribution < -0.4 is 0 Å². The molecule has 0 aliphatic heterocycles. The van der Waals surface area contributed by atoms with Crippen LogP contribution in [0.5, 0.6) is 0 Å². The van der Waals surface area contributed by atoms with E-state index in [1.54, 1.807) is 0 Å². The summed E-state index contributed by atoms with van der Waals surface area (Å²) >= 11 is 12.2. The second-order valence-corrected chi connectivity index (χ2v) is 6.65. The van der Waals surface area contributed by atoms with Gasteiger partial charge in [0.15, 0.2) is 0 Å². The Hall–Kier alpha value is -2.02. The van der Waals surface area contributed by atoms with Crippen molar-refractivity contribution in [2.45, 2.75) is 11.8 Å². The molecule has 2 heteroatoms. The average Bonchev–Trinajstić information content (AvgIpc) is 2.62. The van der Waals surface area contributed by atoms with Crippen LogP contribution in [0.4, 0.5) is 0 Å². The molecule has 0 aromatic heterocycles. The van der Waals surface area contributed by atoms with Gasteiger partial charge in [-0.25, -0.2) is 0 Å². The molecular formula is C22H18Cl2. The van der Waals surface area contributed by atoms with Crippen molar-refractivity contribution >= 4 is 23.2 Å². The molecule has 0 aliphatic carbocycles. The van der Waals surface area contributed by atoms with E-state index in [-0.39, 0.29) is 5.41 Å². The summed E-state index contributed by atoms with van der Waals surface area (Å²) in [5, 5.41) is 1.46. The first-order valence-corrected chi connectivity index (χ1v) is 8.61. The summed E-state index contributed by atoms with van der Waals surface area (Å²) in [6.45, 7) is 4.01. The first kappa shape index (κ1) is 16.8. The summed E-state index contributed by atoms with van der Waals surface area (Å²) in [5.74, 6) is 0. The lowest BCUT2D eigenvalue weighted by Gasteiger charge is -2.35. The first-order valence-electron chi connectivity index (χ1n) is 7.85. The highest BCUT2D eigenvalue weighted by Crippen LogP contribution is 2.43. The summed E-state index contributed by atoms with van der Waals surface area (Å²) in [7, 11) is 0. The molecule has 0 radical (unpaired) electrons. The number of rotatable bonds is 5. The molecule has 0 bridgehead atoms. The minimum absolute atomic E-state index is 0.321. The van der Waals surface area contributed by atoms with Crippen LogP contribution in [0.2, 0.25) is 10.0 Å². The monoisotopic (exact) mass is 352 g/mol. The average molecular weight is 353 g/mol. The van der Waals surface area contributed by atoms with Gasteiger partial charge in [-0.2, -0.15) is 0 Å². The molecule has 0 fully saturated rings. The predicted molar refractivity (Wildman–Crippen MR) is 104 cm³/mol. The number of hydrogen-bond acceptors (Lipinski definition) is 0. The molecule has 0 unspecified atom stereocenters. The molecular weight excluding hydrogens is 335 g/mol. The van der Waals surface area contributed by atoms with Crippen molar-refractivity contribution in [3.8, 4) is 0 Å². The molecule has 0 spiro atoms. The van der Waals surface area contributed by atoms with E-state index in [4.69, 9.17) is 23.2 Å². The van der Waals surface area contributed by atoms with Gasteiger partial charge in [-0.05, 0) is 47.4 Å². The molecule has 0 atom stereocenters. The smallest absolute Gasteiger partial charge is 0.0485 e. The third-order valence-corrected chi connectivity index (χ3v) is 4.90. The van der Waals surface area contributed by atoms with Crippen molar-refractivity contribution in [2.75, 3.05) is 0 Å². The fourth-order valence-corrected chi connectivity index (χ4v) is 3.51. The van der Waals surface area contributed by atoms with Crippen molar-refractivity contribution in [2.24, 2.45) is 0 Å². The summed E-state index contributed by atoms with van der Waals surface area (Å²) in [6, 6.07) is 26.6. The molecule has 3 aromatic carbocycles. The van der Waals surface area contributed by atoms with Crippen LogP contribution in [-0.4, -0.2) is 0 Å². The second kappa shape index (κ2) is 7.25. The van der Waals surface area contributed by atoms with E-state index < -0.39 is 0 Å². The van der Waals surface area contributed by atoms with Crippen molar-refractivity contribution in [3.63, 3.8) is 0 Å². The van der Waals surface area contributed by atoms with Gasteiger partial charge in [0.25, 0.3) is 0 Å². The van der Waals surface area contributed by atoms with E-state index in [0.29, 0.717) is 0 Å². The lowest BCUT2D eigenvalue weighted by molar-refractivity contribution is 0.628. The van der Waals surface area contributed by atoms with E-state index in [0.717, 1.165) is 16.5 Å². The van der Waals surface area contributed by atoms with E-state index in [1.807, 2.05) is 36.4 Å². The lowest BCUT2D eigenvalue weighted by atomic mass is 9.67. The summed E-state index contributed by atoms with van der Waals surface area (Å²) in [4.78, 5) is 0. The van der Waals surface area contributed by atoms with E-state index in [1.165, 1.54) is 16.7 Å². The van der Waals surface area contributed by atoms with Gasteiger partial charge in [0.05, 0.1) is 0 Å². The summed E-state index contributed by atoms with van der Waals surface area (Å²) < 4.78 is 0. The molecule has 24 heavy (non-hydrogen) atoms. The first-order chi connectivity index (χ1) is 11.7. The number of halogens is 2. The van der Waals surface area contributed by atoms with Crippen molar-refractivity contribution < 1.29 is 0 Å². The zero-order valence-electron chi connectivity index (χ0n) is 13.3. The lowest BCUT2D eigenvalue weighted by Crippen LogP contribution is -2.28. The van der Waals surface area contributed by atoms with Crippen LogP contribution in [-0.2, 0) is 5.41 Å². The van der Waals surface area contributed by atoms with Crippen LogP contribution in [0.1, 0.15) is 23.1 Å². The third kappa shape index (κ3) is 3.13. The molecule has 0 heterocycles. The Bertz CT molecular complexity index is 757. The van der Waals surface area contributed by atoms with Crippen LogP contribution in [0.25, 0.3) is 0 Å². The van der Waals surface area contributed by atoms with Crippen LogP contribution in [0, 0.1) is 0 Å². The van der Waals surface area contributed by atoms with Gasteiger partial charge in [0.1, 0.15) is 0 Å². The van der Waals surface area contributed by atoms with Crippen molar-refractivity contribution in [1.29, 1.82) is 0 Å². The number of hydrogen-bond donors (Lipinski definition) is 0. The minimum atomic E-state index is -0.321. The van der Waals surface area contributed by atoms with Gasteiger partial charge in [0, 0.05) is 15.5 Å². The Morgan fingerprint density at radius 2 is 1.08 bits per heavy atom. The number of allylic oxidation sites excluding steroid dienone is 1. The van der Waals surface area contributed by atoms with Gasteiger partial charge in [-0.15, -0.1) is 6.58 Å². The maximum Gasteiger partial charge on any atom is 0.0485 e. The van der Waals surface area contributed by atoms with Crippen molar-refractivity contribution in [1.82, 2.24) is 0 Å².